The average Bonchev–Trinajstić information content (AvgIpc) is 2.36. The maximum atomic E-state index is 5.77. The number of fused-ring (bicyclic) bond motifs is 1. The molecule has 0 aliphatic carbocycles. The van der Waals surface area contributed by atoms with Gasteiger partial charge < -0.3 is 5.73 Å². The van der Waals surface area contributed by atoms with Gasteiger partial charge in [0, 0.05) is 11.9 Å². The van der Waals surface area contributed by atoms with Crippen molar-refractivity contribution in [2.75, 3.05) is 5.73 Å². The molecule has 0 saturated carbocycles. The van der Waals surface area contributed by atoms with Crippen molar-refractivity contribution in [3.63, 3.8) is 0 Å². The van der Waals surface area contributed by atoms with Gasteiger partial charge in [-0.05, 0) is 20.8 Å². The van der Waals surface area contributed by atoms with E-state index in [0.29, 0.717) is 5.82 Å². The van der Waals surface area contributed by atoms with E-state index in [9.17, 15) is 0 Å². The van der Waals surface area contributed by atoms with Crippen LogP contribution in [-0.2, 0) is 0 Å². The molecule has 2 N–H and O–H groups in total. The molecular weight excluding hydrogens is 164 g/mol. The van der Waals surface area contributed by atoms with E-state index in [-0.39, 0.29) is 0 Å². The van der Waals surface area contributed by atoms with Crippen LogP contribution in [0, 0.1) is 20.8 Å². The lowest BCUT2D eigenvalue weighted by Gasteiger charge is -2.03. The predicted octanol–water partition coefficient (Wildman–Crippen LogP) is 1.24. The van der Waals surface area contributed by atoms with E-state index in [0.717, 1.165) is 22.7 Å². The van der Waals surface area contributed by atoms with Crippen molar-refractivity contribution in [2.24, 2.45) is 0 Å². The number of aryl methyl sites for hydroxylation is 3. The average molecular weight is 176 g/mol. The first-order chi connectivity index (χ1) is 6.11. The minimum atomic E-state index is 0.545. The topological polar surface area (TPSA) is 56.2 Å². The van der Waals surface area contributed by atoms with Gasteiger partial charge >= 0.3 is 0 Å². The van der Waals surface area contributed by atoms with E-state index in [1.807, 2.05) is 25.2 Å². The Hall–Kier alpha value is -1.58. The third-order valence-corrected chi connectivity index (χ3v) is 2.21. The standard InChI is InChI=1S/C9H12N4/c1-5-4-11-9(10)8-6(2)12-7(3)13(5)8/h4H,1-3H3,(H2,10,11). The van der Waals surface area contributed by atoms with Crippen LogP contribution >= 0.6 is 0 Å². The highest BCUT2D eigenvalue weighted by molar-refractivity contribution is 5.69. The molecule has 0 amide bonds. The van der Waals surface area contributed by atoms with Crippen LogP contribution in [0.4, 0.5) is 5.82 Å². The summed E-state index contributed by atoms with van der Waals surface area (Å²) in [6, 6.07) is 0. The Labute approximate surface area is 76.4 Å². The van der Waals surface area contributed by atoms with Crippen LogP contribution in [0.3, 0.4) is 0 Å². The Kier molecular flexibility index (Phi) is 1.52. The highest BCUT2D eigenvalue weighted by atomic mass is 15.1. The van der Waals surface area contributed by atoms with Crippen molar-refractivity contribution in [3.8, 4) is 0 Å². The van der Waals surface area contributed by atoms with E-state index in [1.165, 1.54) is 0 Å². The second-order valence-electron chi connectivity index (χ2n) is 3.21. The van der Waals surface area contributed by atoms with Gasteiger partial charge in [-0.25, -0.2) is 9.97 Å². The number of hydrogen-bond donors (Lipinski definition) is 1. The Morgan fingerprint density at radius 1 is 1.31 bits per heavy atom. The summed E-state index contributed by atoms with van der Waals surface area (Å²) in [4.78, 5) is 8.45. The molecule has 0 bridgehead atoms. The number of aromatic nitrogens is 3. The summed E-state index contributed by atoms with van der Waals surface area (Å²) in [5.74, 6) is 1.50. The quantitative estimate of drug-likeness (QED) is 0.657. The Morgan fingerprint density at radius 2 is 2.00 bits per heavy atom. The van der Waals surface area contributed by atoms with Crippen LogP contribution in [0.25, 0.3) is 5.52 Å². The largest absolute Gasteiger partial charge is 0.382 e. The summed E-state index contributed by atoms with van der Waals surface area (Å²) in [6.07, 6.45) is 1.76. The van der Waals surface area contributed by atoms with Crippen molar-refractivity contribution in [3.05, 3.63) is 23.4 Å². The van der Waals surface area contributed by atoms with Crippen LogP contribution in [0.15, 0.2) is 6.20 Å². The zero-order chi connectivity index (χ0) is 9.59. The van der Waals surface area contributed by atoms with Crippen LogP contribution in [-0.4, -0.2) is 14.4 Å². The first-order valence-electron chi connectivity index (χ1n) is 4.18. The maximum absolute atomic E-state index is 5.77. The monoisotopic (exact) mass is 176 g/mol. The fraction of sp³-hybridized carbons (Fsp3) is 0.333. The Bertz CT molecular complexity index is 428. The summed E-state index contributed by atoms with van der Waals surface area (Å²) >= 11 is 0. The number of hydrogen-bond acceptors (Lipinski definition) is 3. The lowest BCUT2D eigenvalue weighted by molar-refractivity contribution is 0.976. The molecule has 0 saturated heterocycles. The fourth-order valence-corrected chi connectivity index (χ4v) is 1.68. The molecular formula is C9H12N4. The van der Waals surface area contributed by atoms with E-state index in [1.54, 1.807) is 6.20 Å². The number of rotatable bonds is 0. The molecule has 2 aromatic rings. The molecule has 68 valence electrons. The van der Waals surface area contributed by atoms with Crippen molar-refractivity contribution in [2.45, 2.75) is 20.8 Å². The zero-order valence-electron chi connectivity index (χ0n) is 8.00. The molecule has 2 aromatic heterocycles. The van der Waals surface area contributed by atoms with Crippen LogP contribution in [0.1, 0.15) is 17.2 Å². The van der Waals surface area contributed by atoms with Gasteiger partial charge in [0.05, 0.1) is 5.69 Å². The highest BCUT2D eigenvalue weighted by Gasteiger charge is 2.09. The minimum absolute atomic E-state index is 0.545. The van der Waals surface area contributed by atoms with Crippen molar-refractivity contribution < 1.29 is 0 Å². The van der Waals surface area contributed by atoms with Crippen LogP contribution < -0.4 is 5.73 Å². The Balaban J connectivity index is 3.03. The number of anilines is 1. The second kappa shape index (κ2) is 2.45. The lowest BCUT2D eigenvalue weighted by Crippen LogP contribution is -2.00. The molecule has 4 heteroatoms. The fourth-order valence-electron chi connectivity index (χ4n) is 1.68. The molecule has 0 spiro atoms. The number of nitrogen functional groups attached to an aromatic ring is 1. The maximum Gasteiger partial charge on any atom is 0.149 e. The molecule has 2 heterocycles. The summed E-state index contributed by atoms with van der Waals surface area (Å²) in [5, 5.41) is 0. The third kappa shape index (κ3) is 0.983. The molecule has 0 atom stereocenters. The van der Waals surface area contributed by atoms with Crippen molar-refractivity contribution >= 4 is 11.3 Å². The van der Waals surface area contributed by atoms with Crippen molar-refractivity contribution in [1.82, 2.24) is 14.4 Å². The molecule has 13 heavy (non-hydrogen) atoms. The Morgan fingerprint density at radius 3 is 2.62 bits per heavy atom. The SMILES string of the molecule is Cc1nc(C)n2c(C)cnc(N)c12. The van der Waals surface area contributed by atoms with Gasteiger partial charge in [0.1, 0.15) is 17.2 Å². The van der Waals surface area contributed by atoms with Crippen LogP contribution in [0.2, 0.25) is 0 Å². The first kappa shape index (κ1) is 8.04. The molecule has 4 nitrogen and oxygen atoms in total. The molecule has 0 aromatic carbocycles. The van der Waals surface area contributed by atoms with Gasteiger partial charge in [0.2, 0.25) is 0 Å². The first-order valence-corrected chi connectivity index (χ1v) is 4.18. The smallest absolute Gasteiger partial charge is 0.149 e. The van der Waals surface area contributed by atoms with Gasteiger partial charge in [0.25, 0.3) is 0 Å². The van der Waals surface area contributed by atoms with Gasteiger partial charge in [-0.1, -0.05) is 0 Å². The van der Waals surface area contributed by atoms with E-state index >= 15 is 0 Å². The minimum Gasteiger partial charge on any atom is -0.382 e. The molecule has 2 rings (SSSR count). The molecule has 0 aliphatic heterocycles. The third-order valence-electron chi connectivity index (χ3n) is 2.21. The summed E-state index contributed by atoms with van der Waals surface area (Å²) in [6.45, 7) is 5.90. The summed E-state index contributed by atoms with van der Waals surface area (Å²) in [7, 11) is 0. The van der Waals surface area contributed by atoms with Gasteiger partial charge in [-0.2, -0.15) is 0 Å². The van der Waals surface area contributed by atoms with Gasteiger partial charge in [-0.3, -0.25) is 4.40 Å². The van der Waals surface area contributed by atoms with E-state index in [4.69, 9.17) is 5.73 Å². The van der Waals surface area contributed by atoms with Crippen LogP contribution in [0.5, 0.6) is 0 Å². The normalized spacial score (nSPS) is 11.0. The van der Waals surface area contributed by atoms with Gasteiger partial charge in [0.15, 0.2) is 0 Å². The van der Waals surface area contributed by atoms with E-state index < -0.39 is 0 Å². The number of nitrogens with zero attached hydrogens (tertiary/aromatic N) is 3. The molecule has 0 fully saturated rings. The summed E-state index contributed by atoms with van der Waals surface area (Å²) in [5.41, 5.74) is 8.69. The number of nitrogens with two attached hydrogens (primary N) is 1. The summed E-state index contributed by atoms with van der Waals surface area (Å²) < 4.78 is 2.03. The highest BCUT2D eigenvalue weighted by Crippen LogP contribution is 2.18. The van der Waals surface area contributed by atoms with Crippen molar-refractivity contribution in [1.29, 1.82) is 0 Å². The predicted molar refractivity (Wildman–Crippen MR) is 51.6 cm³/mol. The lowest BCUT2D eigenvalue weighted by atomic mass is 10.3. The zero-order valence-corrected chi connectivity index (χ0v) is 8.00. The molecule has 0 unspecified atom stereocenters. The van der Waals surface area contributed by atoms with E-state index in [2.05, 4.69) is 9.97 Å². The number of imidazole rings is 1. The molecule has 0 aliphatic rings. The van der Waals surface area contributed by atoms with Gasteiger partial charge in [-0.15, -0.1) is 0 Å². The molecule has 0 radical (unpaired) electrons. The second-order valence-corrected chi connectivity index (χ2v) is 3.21.